The third kappa shape index (κ3) is 2.56. The van der Waals surface area contributed by atoms with Crippen LogP contribution in [-0.2, 0) is 0 Å². The number of methoxy groups -OCH3 is 1. The van der Waals surface area contributed by atoms with Crippen molar-refractivity contribution in [3.63, 3.8) is 0 Å². The largest absolute Gasteiger partial charge is 0.497 e. The molecule has 1 aromatic rings. The zero-order chi connectivity index (χ0) is 11.4. The quantitative estimate of drug-likeness (QED) is 0.716. The molecule has 2 rings (SSSR count). The molecule has 0 aliphatic carbocycles. The van der Waals surface area contributed by atoms with Crippen molar-refractivity contribution in [2.45, 2.75) is 31.4 Å². The summed E-state index contributed by atoms with van der Waals surface area (Å²) in [5, 5.41) is 1.41. The van der Waals surface area contributed by atoms with E-state index >= 15 is 0 Å². The van der Waals surface area contributed by atoms with Crippen LogP contribution in [0.3, 0.4) is 0 Å². The molecular formula is C14H19OSi. The van der Waals surface area contributed by atoms with E-state index in [0.717, 1.165) is 5.75 Å². The first-order valence-corrected chi connectivity index (χ1v) is 7.91. The molecule has 0 N–H and O–H groups in total. The molecule has 16 heavy (non-hydrogen) atoms. The normalized spacial score (nSPS) is 17.1. The fraction of sp³-hybridized carbons (Fsp3) is 0.429. The fourth-order valence-electron chi connectivity index (χ4n) is 2.28. The minimum atomic E-state index is -0.333. The topological polar surface area (TPSA) is 9.23 Å². The molecule has 0 atom stereocenters. The second kappa shape index (κ2) is 5.35. The van der Waals surface area contributed by atoms with Crippen molar-refractivity contribution in [2.24, 2.45) is 0 Å². The second-order valence-corrected chi connectivity index (χ2v) is 7.18. The van der Waals surface area contributed by atoms with Crippen LogP contribution < -0.4 is 4.74 Å². The Morgan fingerprint density at radius 3 is 2.31 bits per heavy atom. The highest BCUT2D eigenvalue weighted by Crippen LogP contribution is 2.29. The molecular weight excluding hydrogens is 212 g/mol. The van der Waals surface area contributed by atoms with Crippen LogP contribution in [0.1, 0.15) is 24.8 Å². The Hall–Kier alpha value is -1.02. The molecule has 1 aromatic carbocycles. The zero-order valence-electron chi connectivity index (χ0n) is 9.96. The van der Waals surface area contributed by atoms with Crippen LogP contribution in [0.15, 0.2) is 30.8 Å². The van der Waals surface area contributed by atoms with Crippen molar-refractivity contribution in [2.75, 3.05) is 7.11 Å². The van der Waals surface area contributed by atoms with Crippen molar-refractivity contribution in [3.05, 3.63) is 36.4 Å². The van der Waals surface area contributed by atoms with Crippen molar-refractivity contribution in [3.8, 4) is 5.75 Å². The third-order valence-corrected chi connectivity index (χ3v) is 6.38. The monoisotopic (exact) mass is 231 g/mol. The maximum absolute atomic E-state index is 5.17. The molecule has 1 aliphatic heterocycles. The molecule has 85 valence electrons. The van der Waals surface area contributed by atoms with E-state index in [1.807, 2.05) is 12.1 Å². The maximum Gasteiger partial charge on any atom is 0.118 e. The molecule has 1 radical (unpaired) electrons. The Morgan fingerprint density at radius 1 is 1.12 bits per heavy atom. The van der Waals surface area contributed by atoms with Crippen LogP contribution in [0.2, 0.25) is 12.1 Å². The predicted octanol–water partition coefficient (Wildman–Crippen LogP) is 3.93. The molecule has 0 unspecified atom stereocenters. The summed E-state index contributed by atoms with van der Waals surface area (Å²) in [6, 6.07) is 11.2. The van der Waals surface area contributed by atoms with Gasteiger partial charge in [0.15, 0.2) is 0 Å². The third-order valence-electron chi connectivity index (χ3n) is 3.32. The van der Waals surface area contributed by atoms with E-state index in [-0.39, 0.29) is 8.80 Å². The molecule has 1 saturated heterocycles. The Bertz CT molecular complexity index is 350. The summed E-state index contributed by atoms with van der Waals surface area (Å²) in [5.41, 5.74) is 1.32. The van der Waals surface area contributed by atoms with Gasteiger partial charge >= 0.3 is 0 Å². The van der Waals surface area contributed by atoms with E-state index in [4.69, 9.17) is 4.74 Å². The maximum atomic E-state index is 5.17. The molecule has 1 heterocycles. The molecule has 1 nitrogen and oxygen atoms in total. The summed E-state index contributed by atoms with van der Waals surface area (Å²) in [4.78, 5) is 0. The molecule has 2 heteroatoms. The average molecular weight is 231 g/mol. The molecule has 0 saturated carbocycles. The summed E-state index contributed by atoms with van der Waals surface area (Å²) < 4.78 is 5.17. The van der Waals surface area contributed by atoms with Crippen molar-refractivity contribution in [1.82, 2.24) is 0 Å². The summed E-state index contributed by atoms with van der Waals surface area (Å²) in [6.45, 7) is 4.31. The lowest BCUT2D eigenvalue weighted by Gasteiger charge is -2.22. The van der Waals surface area contributed by atoms with E-state index in [2.05, 4.69) is 18.7 Å². The van der Waals surface area contributed by atoms with Crippen molar-refractivity contribution < 1.29 is 4.74 Å². The molecule has 0 aromatic heterocycles. The standard InChI is InChI=1S/C14H19OSi/c1-12(16-10-4-3-5-11-16)13-6-8-14(15-2)9-7-13/h6-9H,1,3-5,10-11H2,2H3. The first kappa shape index (κ1) is 11.5. The summed E-state index contributed by atoms with van der Waals surface area (Å²) in [6.07, 6.45) is 4.23. The van der Waals surface area contributed by atoms with Crippen LogP contribution in [-0.4, -0.2) is 15.9 Å². The number of hydrogen-bond donors (Lipinski definition) is 0. The average Bonchev–Trinajstić information content (AvgIpc) is 2.39. The van der Waals surface area contributed by atoms with Crippen LogP contribution >= 0.6 is 0 Å². The Kier molecular flexibility index (Phi) is 3.83. The highest BCUT2D eigenvalue weighted by Gasteiger charge is 2.19. The Labute approximate surface area is 99.7 Å². The smallest absolute Gasteiger partial charge is 0.118 e. The SMILES string of the molecule is C=C(c1ccc(OC)cc1)[Si]1CCCCC1. The van der Waals surface area contributed by atoms with Gasteiger partial charge in [0.25, 0.3) is 0 Å². The molecule has 1 fully saturated rings. The van der Waals surface area contributed by atoms with E-state index < -0.39 is 0 Å². The van der Waals surface area contributed by atoms with Gasteiger partial charge in [-0.15, -0.1) is 0 Å². The van der Waals surface area contributed by atoms with E-state index in [0.29, 0.717) is 0 Å². The second-order valence-electron chi connectivity index (χ2n) is 4.37. The van der Waals surface area contributed by atoms with Gasteiger partial charge in [0.1, 0.15) is 5.75 Å². The summed E-state index contributed by atoms with van der Waals surface area (Å²) >= 11 is 0. The first-order chi connectivity index (χ1) is 7.81. The minimum absolute atomic E-state index is 0.333. The number of ether oxygens (including phenoxy) is 1. The zero-order valence-corrected chi connectivity index (χ0v) is 11.0. The molecule has 1 aliphatic rings. The van der Waals surface area contributed by atoms with Crippen LogP contribution in [0.4, 0.5) is 0 Å². The fourth-order valence-corrected chi connectivity index (χ4v) is 5.06. The lowest BCUT2D eigenvalue weighted by molar-refractivity contribution is 0.415. The molecule has 0 spiro atoms. The van der Waals surface area contributed by atoms with Gasteiger partial charge in [0.2, 0.25) is 0 Å². The predicted molar refractivity (Wildman–Crippen MR) is 71.2 cm³/mol. The lowest BCUT2D eigenvalue weighted by atomic mass is 10.2. The van der Waals surface area contributed by atoms with Crippen LogP contribution in [0.25, 0.3) is 5.20 Å². The van der Waals surface area contributed by atoms with Crippen LogP contribution in [0, 0.1) is 0 Å². The highest BCUT2D eigenvalue weighted by atomic mass is 28.3. The number of rotatable bonds is 3. The summed E-state index contributed by atoms with van der Waals surface area (Å²) in [5.74, 6) is 0.928. The van der Waals surface area contributed by atoms with E-state index in [1.54, 1.807) is 7.11 Å². The number of benzene rings is 1. The van der Waals surface area contributed by atoms with Crippen molar-refractivity contribution >= 4 is 14.0 Å². The summed E-state index contributed by atoms with van der Waals surface area (Å²) in [7, 11) is 1.37. The Morgan fingerprint density at radius 2 is 1.75 bits per heavy atom. The molecule has 0 amide bonds. The Balaban J connectivity index is 2.07. The van der Waals surface area contributed by atoms with E-state index in [1.165, 1.54) is 42.1 Å². The van der Waals surface area contributed by atoms with Gasteiger partial charge in [-0.3, -0.25) is 0 Å². The van der Waals surface area contributed by atoms with Gasteiger partial charge in [-0.05, 0) is 17.7 Å². The van der Waals surface area contributed by atoms with Gasteiger partial charge in [-0.1, -0.05) is 55.3 Å². The number of hydrogen-bond acceptors (Lipinski definition) is 1. The van der Waals surface area contributed by atoms with E-state index in [9.17, 15) is 0 Å². The first-order valence-electron chi connectivity index (χ1n) is 5.99. The van der Waals surface area contributed by atoms with Gasteiger partial charge < -0.3 is 4.74 Å². The van der Waals surface area contributed by atoms with Crippen molar-refractivity contribution in [1.29, 1.82) is 0 Å². The van der Waals surface area contributed by atoms with Gasteiger partial charge in [-0.25, -0.2) is 0 Å². The van der Waals surface area contributed by atoms with Gasteiger partial charge in [-0.2, -0.15) is 0 Å². The molecule has 0 bridgehead atoms. The highest BCUT2D eigenvalue weighted by molar-refractivity contribution is 6.78. The minimum Gasteiger partial charge on any atom is -0.497 e. The van der Waals surface area contributed by atoms with Gasteiger partial charge in [0, 0.05) is 0 Å². The van der Waals surface area contributed by atoms with Crippen LogP contribution in [0.5, 0.6) is 5.75 Å². The lowest BCUT2D eigenvalue weighted by Crippen LogP contribution is -2.17. The van der Waals surface area contributed by atoms with Gasteiger partial charge in [0.05, 0.1) is 15.9 Å².